The number of aromatic nitrogens is 4. The number of benzene rings is 3. The molecule has 190 valence electrons. The van der Waals surface area contributed by atoms with Gasteiger partial charge in [-0.1, -0.05) is 73.5 Å². The predicted molar refractivity (Wildman–Crippen MR) is 155 cm³/mol. The average molecular weight is 522 g/mol. The molecule has 0 saturated heterocycles. The van der Waals surface area contributed by atoms with E-state index in [2.05, 4.69) is 84.4 Å². The molecule has 2 heterocycles. The molecule has 2 bridgehead atoms. The summed E-state index contributed by atoms with van der Waals surface area (Å²) < 4.78 is 19.0. The minimum Gasteiger partial charge on any atom is -0.329 e. The zero-order valence-corrected chi connectivity index (χ0v) is 22.7. The van der Waals surface area contributed by atoms with Gasteiger partial charge in [-0.15, -0.1) is 10.2 Å². The minimum atomic E-state index is -0.412. The van der Waals surface area contributed by atoms with Crippen molar-refractivity contribution in [3.8, 4) is 11.1 Å². The fourth-order valence-corrected chi connectivity index (χ4v) is 6.90. The molecule has 3 aromatic carbocycles. The predicted octanol–water partition coefficient (Wildman–Crippen LogP) is 8.00. The van der Waals surface area contributed by atoms with E-state index >= 15 is 0 Å². The first-order valence-corrected chi connectivity index (χ1v) is 13.3. The molecule has 3 unspecified atom stereocenters. The van der Waals surface area contributed by atoms with E-state index in [0.717, 1.165) is 45.5 Å². The Morgan fingerprint density at radius 2 is 1.89 bits per heavy atom. The van der Waals surface area contributed by atoms with E-state index in [1.54, 1.807) is 6.33 Å². The summed E-state index contributed by atoms with van der Waals surface area (Å²) in [5.74, 6) is 1.52. The fraction of sp³-hybridized carbons (Fsp3) is 0.281. The molecule has 0 N–H and O–H groups in total. The van der Waals surface area contributed by atoms with Gasteiger partial charge in [-0.05, 0) is 78.1 Å². The van der Waals surface area contributed by atoms with Crippen LogP contribution in [0.4, 0.5) is 11.5 Å². The summed E-state index contributed by atoms with van der Waals surface area (Å²) in [6.45, 7) is 6.61. The van der Waals surface area contributed by atoms with Gasteiger partial charge in [0.15, 0.2) is 0 Å². The average Bonchev–Trinajstić information content (AvgIpc) is 3.44. The lowest BCUT2D eigenvalue weighted by atomic mass is 9.38. The van der Waals surface area contributed by atoms with Crippen molar-refractivity contribution in [1.29, 1.82) is 0 Å². The summed E-state index contributed by atoms with van der Waals surface area (Å²) in [6.07, 6.45) is 2.19. The van der Waals surface area contributed by atoms with E-state index in [1.807, 2.05) is 29.6 Å². The highest BCUT2D eigenvalue weighted by molar-refractivity contribution is 6.31. The molecule has 5 nitrogen and oxygen atoms in total. The van der Waals surface area contributed by atoms with Gasteiger partial charge in [0.1, 0.15) is 12.1 Å². The lowest BCUT2D eigenvalue weighted by Crippen LogP contribution is -2.60. The Balaban J connectivity index is 1.25. The summed E-state index contributed by atoms with van der Waals surface area (Å²) in [5, 5.41) is 9.83. The van der Waals surface area contributed by atoms with E-state index in [1.165, 1.54) is 5.56 Å². The van der Waals surface area contributed by atoms with Crippen molar-refractivity contribution >= 4 is 39.8 Å². The third kappa shape index (κ3) is 3.15. The fourth-order valence-electron chi connectivity index (χ4n) is 6.73. The largest absolute Gasteiger partial charge is 0.329 e. The molecule has 3 atom stereocenters. The Morgan fingerprint density at radius 1 is 1.08 bits per heavy atom. The third-order valence-corrected chi connectivity index (χ3v) is 9.39. The van der Waals surface area contributed by atoms with Crippen LogP contribution < -0.4 is 4.90 Å². The maximum atomic E-state index is 8.57. The van der Waals surface area contributed by atoms with Gasteiger partial charge in [-0.3, -0.25) is 4.40 Å². The lowest BCUT2D eigenvalue weighted by Gasteiger charge is -2.65. The number of fused-ring (bicyclic) bond motifs is 4. The second kappa shape index (κ2) is 8.15. The van der Waals surface area contributed by atoms with Crippen LogP contribution in [0.1, 0.15) is 41.9 Å². The molecular formula is C32H30ClN5. The number of hydrogen-bond donors (Lipinski definition) is 0. The van der Waals surface area contributed by atoms with Gasteiger partial charge in [-0.2, -0.15) is 4.98 Å². The van der Waals surface area contributed by atoms with Crippen LogP contribution in [0.15, 0.2) is 84.7 Å². The van der Waals surface area contributed by atoms with Crippen LogP contribution in [0, 0.1) is 11.3 Å². The summed E-state index contributed by atoms with van der Waals surface area (Å²) >= 11 is 6.32. The quantitative estimate of drug-likeness (QED) is 0.225. The summed E-state index contributed by atoms with van der Waals surface area (Å²) in [6, 6.07) is 23.5. The van der Waals surface area contributed by atoms with Crippen LogP contribution in [0.2, 0.25) is 5.02 Å². The zero-order chi connectivity index (χ0) is 28.0. The molecule has 1 fully saturated rings. The molecule has 5 aromatic rings. The van der Waals surface area contributed by atoms with Gasteiger partial charge in [0.25, 0.3) is 5.78 Å². The first-order chi connectivity index (χ1) is 19.1. The number of halogens is 1. The Kier molecular flexibility index (Phi) is 4.56. The van der Waals surface area contributed by atoms with Crippen molar-refractivity contribution < 1.29 is 2.74 Å². The molecule has 1 saturated carbocycles. The topological polar surface area (TPSA) is 46.3 Å². The van der Waals surface area contributed by atoms with E-state index in [0.29, 0.717) is 16.9 Å². The van der Waals surface area contributed by atoms with E-state index in [9.17, 15) is 0 Å². The van der Waals surface area contributed by atoms with Gasteiger partial charge >= 0.3 is 0 Å². The first kappa shape index (κ1) is 21.3. The Labute approximate surface area is 230 Å². The molecule has 0 aliphatic heterocycles. The molecular weight excluding hydrogens is 490 g/mol. The van der Waals surface area contributed by atoms with Gasteiger partial charge < -0.3 is 4.90 Å². The monoisotopic (exact) mass is 521 g/mol. The van der Waals surface area contributed by atoms with E-state index in [4.69, 9.17) is 19.3 Å². The van der Waals surface area contributed by atoms with Crippen LogP contribution in [-0.2, 0) is 5.41 Å². The smallest absolute Gasteiger partial charge is 0.257 e. The third-order valence-electron chi connectivity index (χ3n) is 9.15. The van der Waals surface area contributed by atoms with Gasteiger partial charge in [0, 0.05) is 29.9 Å². The molecule has 8 rings (SSSR count). The highest BCUT2D eigenvalue weighted by Gasteiger charge is 2.62. The molecule has 38 heavy (non-hydrogen) atoms. The second-order valence-electron chi connectivity index (χ2n) is 11.2. The van der Waals surface area contributed by atoms with E-state index in [-0.39, 0.29) is 16.7 Å². The number of hydrogen-bond acceptors (Lipinski definition) is 4. The molecule has 6 heteroatoms. The standard InChI is InChI=1S/C32H30ClN5/c1-20-8-11-24-18-32(20,31(24,2)3)23-12-9-21(10-13-23)22-6-5-7-26(16-22)37(4)29-27-15-14-25(33)17-28(27)38-19-34-36-30(38)35-29/h5-10,12-17,19,24H,11,18H2,1-4H3/i8D,11D. The lowest BCUT2D eigenvalue weighted by molar-refractivity contribution is -0.0410. The van der Waals surface area contributed by atoms with Crippen LogP contribution in [-0.4, -0.2) is 26.6 Å². The minimum absolute atomic E-state index is 0.0380. The Bertz CT molecular complexity index is 1840. The van der Waals surface area contributed by atoms with Crippen LogP contribution in [0.3, 0.4) is 0 Å². The Hall–Kier alpha value is -3.70. The summed E-state index contributed by atoms with van der Waals surface area (Å²) in [4.78, 5) is 6.89. The highest BCUT2D eigenvalue weighted by atomic mass is 35.5. The number of allylic oxidation sites excluding steroid dienone is 2. The zero-order valence-electron chi connectivity index (χ0n) is 23.9. The van der Waals surface area contributed by atoms with Crippen LogP contribution in [0.5, 0.6) is 0 Å². The summed E-state index contributed by atoms with van der Waals surface area (Å²) in [7, 11) is 2.01. The van der Waals surface area contributed by atoms with Gasteiger partial charge in [-0.25, -0.2) is 0 Å². The highest BCUT2D eigenvalue weighted by Crippen LogP contribution is 2.68. The van der Waals surface area contributed by atoms with Crippen LogP contribution >= 0.6 is 11.6 Å². The summed E-state index contributed by atoms with van der Waals surface area (Å²) in [5.41, 5.74) is 6.24. The van der Waals surface area contributed by atoms with Crippen molar-refractivity contribution in [3.05, 3.63) is 95.3 Å². The van der Waals surface area contributed by atoms with Crippen molar-refractivity contribution in [3.63, 3.8) is 0 Å². The van der Waals surface area contributed by atoms with Gasteiger partial charge in [0.05, 0.1) is 6.89 Å². The molecule has 0 radical (unpaired) electrons. The molecule has 3 aliphatic rings. The number of anilines is 2. The molecule has 3 aliphatic carbocycles. The maximum absolute atomic E-state index is 8.57. The first-order valence-electron chi connectivity index (χ1n) is 14.0. The molecule has 0 amide bonds. The van der Waals surface area contributed by atoms with Crippen molar-refractivity contribution in [2.24, 2.45) is 11.3 Å². The van der Waals surface area contributed by atoms with Gasteiger partial charge in [0.2, 0.25) is 0 Å². The van der Waals surface area contributed by atoms with Crippen molar-refractivity contribution in [1.82, 2.24) is 19.6 Å². The van der Waals surface area contributed by atoms with Crippen LogP contribution in [0.25, 0.3) is 27.8 Å². The Morgan fingerprint density at radius 3 is 2.68 bits per heavy atom. The van der Waals surface area contributed by atoms with E-state index < -0.39 is 6.40 Å². The normalized spacial score (nSPS) is 24.8. The number of rotatable bonds is 4. The second-order valence-corrected chi connectivity index (χ2v) is 11.6. The van der Waals surface area contributed by atoms with Crippen molar-refractivity contribution in [2.75, 3.05) is 11.9 Å². The molecule has 2 aromatic heterocycles. The maximum Gasteiger partial charge on any atom is 0.257 e. The number of nitrogens with zero attached hydrogens (tertiary/aromatic N) is 5. The van der Waals surface area contributed by atoms with Crippen molar-refractivity contribution in [2.45, 2.75) is 39.0 Å². The molecule has 0 spiro atoms. The SMILES string of the molecule is [2H]C1=C(C)C2(c3ccc(-c4cccc(N(C)c5nc6nncn6c6cc(Cl)ccc56)c4)cc3)CC(C1[2H])C2(C)C.